The van der Waals surface area contributed by atoms with Crippen molar-refractivity contribution in [2.24, 2.45) is 0 Å². The molecule has 1 aromatic carbocycles. The van der Waals surface area contributed by atoms with Gasteiger partial charge in [-0.2, -0.15) is 5.10 Å². The van der Waals surface area contributed by atoms with Crippen molar-refractivity contribution in [3.05, 3.63) is 59.4 Å². The Kier molecular flexibility index (Phi) is 5.13. The zero-order valence-electron chi connectivity index (χ0n) is 12.6. The zero-order chi connectivity index (χ0) is 14.4. The van der Waals surface area contributed by atoms with Crippen molar-refractivity contribution in [3.8, 4) is 5.69 Å². The third-order valence-electron chi connectivity index (χ3n) is 3.40. The highest BCUT2D eigenvalue weighted by molar-refractivity contribution is 5.37. The lowest BCUT2D eigenvalue weighted by molar-refractivity contribution is 0.723. The van der Waals surface area contributed by atoms with E-state index in [-0.39, 0.29) is 0 Å². The van der Waals surface area contributed by atoms with E-state index in [0.717, 1.165) is 30.8 Å². The van der Waals surface area contributed by atoms with Crippen LogP contribution in [0.3, 0.4) is 0 Å². The summed E-state index contributed by atoms with van der Waals surface area (Å²) in [6.45, 7) is 5.14. The van der Waals surface area contributed by atoms with E-state index >= 15 is 0 Å². The first-order valence-corrected chi connectivity index (χ1v) is 7.20. The normalized spacial score (nSPS) is 11.3. The molecule has 0 saturated heterocycles. The van der Waals surface area contributed by atoms with Crippen LogP contribution < -0.4 is 5.32 Å². The molecule has 0 aliphatic rings. The monoisotopic (exact) mass is 269 g/mol. The van der Waals surface area contributed by atoms with Gasteiger partial charge in [-0.05, 0) is 38.1 Å². The van der Waals surface area contributed by atoms with E-state index < -0.39 is 0 Å². The van der Waals surface area contributed by atoms with Crippen LogP contribution in [0.15, 0.2) is 42.5 Å². The average molecular weight is 269 g/mol. The Labute approximate surface area is 121 Å². The summed E-state index contributed by atoms with van der Waals surface area (Å²) in [7, 11) is 1.97. The van der Waals surface area contributed by atoms with E-state index in [2.05, 4.69) is 48.1 Å². The Morgan fingerprint density at radius 2 is 1.95 bits per heavy atom. The Balaban J connectivity index is 2.40. The molecule has 0 unspecified atom stereocenters. The number of rotatable bonds is 6. The van der Waals surface area contributed by atoms with Crippen LogP contribution in [0, 0.1) is 6.92 Å². The second kappa shape index (κ2) is 7.06. The maximum Gasteiger partial charge on any atom is 0.0699 e. The molecule has 0 atom stereocenters. The summed E-state index contributed by atoms with van der Waals surface area (Å²) in [6, 6.07) is 10.3. The zero-order valence-corrected chi connectivity index (χ0v) is 12.6. The number of hydrogen-bond acceptors (Lipinski definition) is 2. The molecule has 1 heterocycles. The second-order valence-corrected chi connectivity index (χ2v) is 4.88. The third kappa shape index (κ3) is 3.17. The maximum absolute atomic E-state index is 4.80. The number of aromatic nitrogens is 2. The van der Waals surface area contributed by atoms with E-state index in [4.69, 9.17) is 5.10 Å². The van der Waals surface area contributed by atoms with Crippen LogP contribution in [0.2, 0.25) is 0 Å². The summed E-state index contributed by atoms with van der Waals surface area (Å²) < 4.78 is 2.06. The molecule has 3 nitrogen and oxygen atoms in total. The van der Waals surface area contributed by atoms with Crippen LogP contribution in [0.5, 0.6) is 0 Å². The summed E-state index contributed by atoms with van der Waals surface area (Å²) in [5.41, 5.74) is 4.79. The average Bonchev–Trinajstić information content (AvgIpc) is 2.78. The SMILES string of the molecule is CC/C=C/Cc1nn(-c2ccccc2)c(CNC)c1C. The van der Waals surface area contributed by atoms with Crippen molar-refractivity contribution in [2.45, 2.75) is 33.2 Å². The van der Waals surface area contributed by atoms with Gasteiger partial charge in [-0.25, -0.2) is 4.68 Å². The number of benzene rings is 1. The summed E-state index contributed by atoms with van der Waals surface area (Å²) in [4.78, 5) is 0. The van der Waals surface area contributed by atoms with Crippen LogP contribution in [-0.2, 0) is 13.0 Å². The molecule has 1 aromatic heterocycles. The van der Waals surface area contributed by atoms with Crippen molar-refractivity contribution in [3.63, 3.8) is 0 Å². The molecular formula is C17H23N3. The predicted octanol–water partition coefficient (Wildman–Crippen LogP) is 3.41. The number of hydrogen-bond donors (Lipinski definition) is 1. The minimum absolute atomic E-state index is 0.825. The second-order valence-electron chi connectivity index (χ2n) is 4.88. The van der Waals surface area contributed by atoms with Crippen LogP contribution >= 0.6 is 0 Å². The Bertz CT molecular complexity index is 567. The van der Waals surface area contributed by atoms with E-state index in [1.165, 1.54) is 11.3 Å². The Morgan fingerprint density at radius 1 is 1.20 bits per heavy atom. The van der Waals surface area contributed by atoms with Gasteiger partial charge in [0.2, 0.25) is 0 Å². The lowest BCUT2D eigenvalue weighted by Gasteiger charge is -2.07. The lowest BCUT2D eigenvalue weighted by Crippen LogP contribution is -2.11. The van der Waals surface area contributed by atoms with Crippen molar-refractivity contribution in [1.29, 1.82) is 0 Å². The van der Waals surface area contributed by atoms with Gasteiger partial charge in [-0.15, -0.1) is 0 Å². The van der Waals surface area contributed by atoms with Gasteiger partial charge in [-0.1, -0.05) is 37.3 Å². The summed E-state index contributed by atoms with van der Waals surface area (Å²) in [5.74, 6) is 0. The molecule has 106 valence electrons. The van der Waals surface area contributed by atoms with Crippen molar-refractivity contribution >= 4 is 0 Å². The molecule has 2 rings (SSSR count). The fourth-order valence-corrected chi connectivity index (χ4v) is 2.29. The maximum atomic E-state index is 4.80. The fraction of sp³-hybridized carbons (Fsp3) is 0.353. The largest absolute Gasteiger partial charge is 0.314 e. The first kappa shape index (κ1) is 14.5. The molecule has 20 heavy (non-hydrogen) atoms. The predicted molar refractivity (Wildman–Crippen MR) is 84.2 cm³/mol. The fourth-order valence-electron chi connectivity index (χ4n) is 2.29. The van der Waals surface area contributed by atoms with Crippen molar-refractivity contribution in [2.75, 3.05) is 7.05 Å². The van der Waals surface area contributed by atoms with Gasteiger partial charge >= 0.3 is 0 Å². The quantitative estimate of drug-likeness (QED) is 0.814. The molecule has 0 aliphatic heterocycles. The van der Waals surface area contributed by atoms with E-state index in [1.807, 2.05) is 25.2 Å². The standard InChI is InChI=1S/C17H23N3/c1-4-5-7-12-16-14(2)17(13-18-3)20(19-16)15-10-8-6-9-11-15/h5-11,18H,4,12-13H2,1-3H3/b7-5+. The van der Waals surface area contributed by atoms with Crippen LogP contribution in [0.4, 0.5) is 0 Å². The minimum Gasteiger partial charge on any atom is -0.314 e. The highest BCUT2D eigenvalue weighted by Gasteiger charge is 2.13. The number of para-hydroxylation sites is 1. The third-order valence-corrected chi connectivity index (χ3v) is 3.40. The molecule has 0 amide bonds. The lowest BCUT2D eigenvalue weighted by atomic mass is 10.1. The van der Waals surface area contributed by atoms with Gasteiger partial charge in [0.05, 0.1) is 17.1 Å². The van der Waals surface area contributed by atoms with E-state index in [9.17, 15) is 0 Å². The molecule has 2 aromatic rings. The molecule has 0 fully saturated rings. The molecule has 1 N–H and O–H groups in total. The topological polar surface area (TPSA) is 29.9 Å². The number of allylic oxidation sites excluding steroid dienone is 2. The summed E-state index contributed by atoms with van der Waals surface area (Å²) in [6.07, 6.45) is 6.37. The molecule has 0 aliphatic carbocycles. The Hall–Kier alpha value is -1.87. The van der Waals surface area contributed by atoms with Crippen LogP contribution in [0.1, 0.15) is 30.3 Å². The molecule has 0 saturated carbocycles. The van der Waals surface area contributed by atoms with Gasteiger partial charge < -0.3 is 5.32 Å². The van der Waals surface area contributed by atoms with E-state index in [0.29, 0.717) is 0 Å². The molecule has 0 spiro atoms. The Morgan fingerprint density at radius 3 is 2.60 bits per heavy atom. The summed E-state index contributed by atoms with van der Waals surface area (Å²) >= 11 is 0. The molecule has 3 heteroatoms. The van der Waals surface area contributed by atoms with Crippen molar-refractivity contribution in [1.82, 2.24) is 15.1 Å². The number of nitrogens with zero attached hydrogens (tertiary/aromatic N) is 2. The molecule has 0 bridgehead atoms. The highest BCUT2D eigenvalue weighted by Crippen LogP contribution is 2.19. The molecule has 0 radical (unpaired) electrons. The van der Waals surface area contributed by atoms with Gasteiger partial charge in [-0.3, -0.25) is 0 Å². The van der Waals surface area contributed by atoms with Crippen LogP contribution in [0.25, 0.3) is 5.69 Å². The first-order chi connectivity index (χ1) is 9.77. The van der Waals surface area contributed by atoms with Gasteiger partial charge in [0.15, 0.2) is 0 Å². The smallest absolute Gasteiger partial charge is 0.0699 e. The highest BCUT2D eigenvalue weighted by atomic mass is 15.3. The van der Waals surface area contributed by atoms with E-state index in [1.54, 1.807) is 0 Å². The van der Waals surface area contributed by atoms with Crippen LogP contribution in [-0.4, -0.2) is 16.8 Å². The minimum atomic E-state index is 0.825. The molecular weight excluding hydrogens is 246 g/mol. The number of nitrogens with one attached hydrogen (secondary N) is 1. The first-order valence-electron chi connectivity index (χ1n) is 7.20. The van der Waals surface area contributed by atoms with Crippen molar-refractivity contribution < 1.29 is 0 Å². The summed E-state index contributed by atoms with van der Waals surface area (Å²) in [5, 5.41) is 8.03. The van der Waals surface area contributed by atoms with Gasteiger partial charge in [0.1, 0.15) is 0 Å². The van der Waals surface area contributed by atoms with Gasteiger partial charge in [0.25, 0.3) is 0 Å². The van der Waals surface area contributed by atoms with Gasteiger partial charge in [0, 0.05) is 13.0 Å².